The van der Waals surface area contributed by atoms with Crippen molar-refractivity contribution < 1.29 is 23.0 Å². The lowest BCUT2D eigenvalue weighted by atomic mass is 9.88. The normalized spacial score (nSPS) is 24.9. The Hall–Kier alpha value is -1.65. The number of allylic oxidation sites excluding steroid dienone is 8. The topological polar surface area (TPSA) is 29.5 Å². The fraction of sp³-hybridized carbons (Fsp3) is 0.680. The first kappa shape index (κ1) is 24.6. The molecule has 0 spiro atoms. The molecule has 2 rings (SSSR count). The Morgan fingerprint density at radius 1 is 1.03 bits per heavy atom. The van der Waals surface area contributed by atoms with Gasteiger partial charge in [-0.05, 0) is 48.0 Å². The van der Waals surface area contributed by atoms with Crippen LogP contribution in [0, 0.1) is 11.8 Å². The molecule has 0 heterocycles. The molecule has 0 saturated carbocycles. The first-order valence-electron chi connectivity index (χ1n) is 11.4. The highest BCUT2D eigenvalue weighted by atomic mass is 19.2. The Kier molecular flexibility index (Phi) is 10.1. The van der Waals surface area contributed by atoms with Crippen molar-refractivity contribution >= 4 is 0 Å². The van der Waals surface area contributed by atoms with Crippen LogP contribution in [-0.2, 0) is 4.74 Å². The van der Waals surface area contributed by atoms with E-state index in [0.717, 1.165) is 19.3 Å². The molecule has 0 bridgehead atoms. The average molecular weight is 427 g/mol. The second-order valence-electron chi connectivity index (χ2n) is 8.73. The first-order chi connectivity index (χ1) is 14.3. The summed E-state index contributed by atoms with van der Waals surface area (Å²) in [4.78, 5) is 0. The van der Waals surface area contributed by atoms with E-state index in [1.807, 2.05) is 0 Å². The van der Waals surface area contributed by atoms with Gasteiger partial charge in [-0.3, -0.25) is 0 Å². The molecule has 5 atom stereocenters. The molecular weight excluding hydrogens is 389 g/mol. The van der Waals surface area contributed by atoms with Crippen LogP contribution in [0.3, 0.4) is 0 Å². The van der Waals surface area contributed by atoms with Crippen LogP contribution in [0.1, 0.15) is 72.1 Å². The number of halogens is 3. The molecule has 0 amide bonds. The van der Waals surface area contributed by atoms with Crippen LogP contribution < -0.4 is 0 Å². The minimum Gasteiger partial charge on any atom is -0.512 e. The van der Waals surface area contributed by atoms with Gasteiger partial charge in [0.15, 0.2) is 12.3 Å². The van der Waals surface area contributed by atoms with Crippen LogP contribution in [0.25, 0.3) is 0 Å². The molecule has 5 unspecified atom stereocenters. The molecule has 0 aromatic carbocycles. The molecule has 0 aliphatic heterocycles. The van der Waals surface area contributed by atoms with Crippen LogP contribution in [0.15, 0.2) is 47.0 Å². The van der Waals surface area contributed by atoms with Gasteiger partial charge in [-0.15, -0.1) is 0 Å². The Labute approximate surface area is 179 Å². The number of rotatable bonds is 12. The SMILES string of the molecule is CCCC(C)CCC(CC)CC(F)COC1=CC=C(C2=CC=C(O)CC2)C(F)C1F. The van der Waals surface area contributed by atoms with Gasteiger partial charge >= 0.3 is 0 Å². The monoisotopic (exact) mass is 426 g/mol. The highest BCUT2D eigenvalue weighted by Crippen LogP contribution is 2.34. The van der Waals surface area contributed by atoms with Crippen LogP contribution in [-0.4, -0.2) is 30.2 Å². The highest BCUT2D eigenvalue weighted by Gasteiger charge is 2.34. The number of hydrogen-bond acceptors (Lipinski definition) is 2. The second-order valence-corrected chi connectivity index (χ2v) is 8.73. The standard InChI is InChI=1S/C25H37F3O2/c1-4-6-17(3)7-8-18(5-2)15-20(26)16-30-23-14-13-22(24(27)25(23)28)19-9-11-21(29)12-10-19/h9,11,13-14,17-18,20,24-25,29H,4-8,10,12,15-16H2,1-3H3. The van der Waals surface area contributed by atoms with Crippen LogP contribution in [0.4, 0.5) is 13.2 Å². The molecule has 0 aromatic heterocycles. The van der Waals surface area contributed by atoms with Gasteiger partial charge in [0.1, 0.15) is 18.5 Å². The number of ether oxygens (including phenoxy) is 1. The molecule has 30 heavy (non-hydrogen) atoms. The summed E-state index contributed by atoms with van der Waals surface area (Å²) in [6, 6.07) is 0. The molecule has 0 aromatic rings. The van der Waals surface area contributed by atoms with Crippen molar-refractivity contribution in [2.24, 2.45) is 11.8 Å². The zero-order chi connectivity index (χ0) is 22.1. The lowest BCUT2D eigenvalue weighted by molar-refractivity contribution is 0.0712. The van der Waals surface area contributed by atoms with Crippen molar-refractivity contribution in [2.45, 2.75) is 90.7 Å². The van der Waals surface area contributed by atoms with Crippen LogP contribution in [0.2, 0.25) is 0 Å². The highest BCUT2D eigenvalue weighted by molar-refractivity contribution is 5.45. The Bertz CT molecular complexity index is 665. The van der Waals surface area contributed by atoms with E-state index in [2.05, 4.69) is 20.8 Å². The van der Waals surface area contributed by atoms with Crippen molar-refractivity contribution in [2.75, 3.05) is 6.61 Å². The third-order valence-electron chi connectivity index (χ3n) is 6.20. The molecular formula is C25H37F3O2. The van der Waals surface area contributed by atoms with Crippen molar-refractivity contribution in [1.82, 2.24) is 0 Å². The van der Waals surface area contributed by atoms with E-state index >= 15 is 0 Å². The molecule has 170 valence electrons. The van der Waals surface area contributed by atoms with Crippen LogP contribution in [0.5, 0.6) is 0 Å². The Balaban J connectivity index is 1.87. The number of aliphatic hydroxyl groups excluding tert-OH is 1. The predicted octanol–water partition coefficient (Wildman–Crippen LogP) is 7.64. The van der Waals surface area contributed by atoms with E-state index in [4.69, 9.17) is 4.74 Å². The maximum Gasteiger partial charge on any atom is 0.192 e. The largest absolute Gasteiger partial charge is 0.512 e. The van der Waals surface area contributed by atoms with E-state index in [1.165, 1.54) is 31.1 Å². The molecule has 0 fully saturated rings. The maximum absolute atomic E-state index is 14.6. The van der Waals surface area contributed by atoms with Gasteiger partial charge in [-0.1, -0.05) is 65.0 Å². The molecule has 5 heteroatoms. The van der Waals surface area contributed by atoms with E-state index in [9.17, 15) is 18.3 Å². The molecule has 1 N–H and O–H groups in total. The minimum absolute atomic E-state index is 0.145. The number of aliphatic hydroxyl groups is 1. The van der Waals surface area contributed by atoms with Gasteiger partial charge in [0.2, 0.25) is 0 Å². The Morgan fingerprint density at radius 3 is 2.43 bits per heavy atom. The summed E-state index contributed by atoms with van der Waals surface area (Å²) >= 11 is 0. The summed E-state index contributed by atoms with van der Waals surface area (Å²) in [6.07, 6.45) is 7.70. The summed E-state index contributed by atoms with van der Waals surface area (Å²) in [5, 5.41) is 9.43. The third-order valence-corrected chi connectivity index (χ3v) is 6.20. The first-order valence-corrected chi connectivity index (χ1v) is 11.4. The van der Waals surface area contributed by atoms with Crippen molar-refractivity contribution in [3.05, 3.63) is 47.0 Å². The van der Waals surface area contributed by atoms with E-state index in [0.29, 0.717) is 30.8 Å². The van der Waals surface area contributed by atoms with E-state index < -0.39 is 18.5 Å². The van der Waals surface area contributed by atoms with Gasteiger partial charge in [0, 0.05) is 6.42 Å². The molecule has 0 radical (unpaired) electrons. The summed E-state index contributed by atoms with van der Waals surface area (Å²) in [7, 11) is 0. The van der Waals surface area contributed by atoms with Crippen molar-refractivity contribution in [3.8, 4) is 0 Å². The zero-order valence-corrected chi connectivity index (χ0v) is 18.5. The quantitative estimate of drug-likeness (QED) is 0.347. The van der Waals surface area contributed by atoms with Gasteiger partial charge < -0.3 is 9.84 Å². The second kappa shape index (κ2) is 12.3. The van der Waals surface area contributed by atoms with E-state index in [1.54, 1.807) is 6.08 Å². The maximum atomic E-state index is 14.6. The van der Waals surface area contributed by atoms with Gasteiger partial charge in [-0.2, -0.15) is 0 Å². The molecule has 0 saturated heterocycles. The van der Waals surface area contributed by atoms with E-state index in [-0.39, 0.29) is 29.6 Å². The predicted molar refractivity (Wildman–Crippen MR) is 117 cm³/mol. The zero-order valence-electron chi connectivity index (χ0n) is 18.5. The van der Waals surface area contributed by atoms with Crippen molar-refractivity contribution in [1.29, 1.82) is 0 Å². The molecule has 2 aliphatic rings. The van der Waals surface area contributed by atoms with Crippen molar-refractivity contribution in [3.63, 3.8) is 0 Å². The van der Waals surface area contributed by atoms with Gasteiger partial charge in [0.25, 0.3) is 0 Å². The minimum atomic E-state index is -1.94. The fourth-order valence-corrected chi connectivity index (χ4v) is 4.20. The third kappa shape index (κ3) is 7.24. The number of hydrogen-bond donors (Lipinski definition) is 1. The lowest BCUT2D eigenvalue weighted by Gasteiger charge is -2.26. The number of alkyl halides is 3. The smallest absolute Gasteiger partial charge is 0.192 e. The summed E-state index contributed by atoms with van der Waals surface area (Å²) < 4.78 is 49.0. The average Bonchev–Trinajstić information content (AvgIpc) is 2.73. The summed E-state index contributed by atoms with van der Waals surface area (Å²) in [6.45, 7) is 6.23. The van der Waals surface area contributed by atoms with Gasteiger partial charge in [-0.25, -0.2) is 13.2 Å². The molecule has 2 aliphatic carbocycles. The summed E-state index contributed by atoms with van der Waals surface area (Å²) in [5.41, 5.74) is 0.937. The molecule has 2 nitrogen and oxygen atoms in total. The lowest BCUT2D eigenvalue weighted by Crippen LogP contribution is -2.28. The van der Waals surface area contributed by atoms with Gasteiger partial charge in [0.05, 0.1) is 5.76 Å². The van der Waals surface area contributed by atoms with Crippen LogP contribution >= 0.6 is 0 Å². The Morgan fingerprint density at radius 2 is 1.80 bits per heavy atom. The summed E-state index contributed by atoms with van der Waals surface area (Å²) in [5.74, 6) is 1.03. The fourth-order valence-electron chi connectivity index (χ4n) is 4.20.